The summed E-state index contributed by atoms with van der Waals surface area (Å²) in [6.07, 6.45) is -0.648. The molecule has 0 bridgehead atoms. The fraction of sp³-hybridized carbons (Fsp3) is 0.143. The molecule has 0 fully saturated rings. The zero-order chi connectivity index (χ0) is 12.7. The molecule has 0 amide bonds. The summed E-state index contributed by atoms with van der Waals surface area (Å²) in [7, 11) is 0. The molecule has 0 radical (unpaired) electrons. The van der Waals surface area contributed by atoms with Gasteiger partial charge in [-0.25, -0.2) is 0 Å². The predicted molar refractivity (Wildman–Crippen MR) is 73.4 cm³/mol. The van der Waals surface area contributed by atoms with E-state index in [1.807, 2.05) is 47.4 Å². The number of aliphatic hydroxyl groups excluding tert-OH is 1. The first-order chi connectivity index (χ1) is 8.65. The van der Waals surface area contributed by atoms with Crippen LogP contribution in [0.25, 0.3) is 0 Å². The van der Waals surface area contributed by atoms with Gasteiger partial charge in [-0.3, -0.25) is 0 Å². The molecule has 1 aliphatic rings. The Hall–Kier alpha value is -1.71. The number of benzene rings is 2. The molecule has 3 rings (SSSR count). The van der Waals surface area contributed by atoms with Crippen LogP contribution in [0.1, 0.15) is 17.4 Å². The molecule has 1 atom stereocenters. The molecule has 3 nitrogen and oxygen atoms in total. The second-order valence-corrected chi connectivity index (χ2v) is 4.87. The first-order valence-electron chi connectivity index (χ1n) is 5.74. The number of hydrogen-bond donors (Lipinski definition) is 2. The third-order valence-corrected chi connectivity index (χ3v) is 3.49. The van der Waals surface area contributed by atoms with Crippen LogP contribution in [0.15, 0.2) is 42.5 Å². The lowest BCUT2D eigenvalue weighted by Gasteiger charge is -2.22. The Bertz CT molecular complexity index is 583. The van der Waals surface area contributed by atoms with E-state index in [2.05, 4.69) is 0 Å². The highest BCUT2D eigenvalue weighted by atomic mass is 35.5. The quantitative estimate of drug-likeness (QED) is 0.775. The van der Waals surface area contributed by atoms with Crippen molar-refractivity contribution in [1.29, 1.82) is 0 Å². The molecule has 0 aliphatic carbocycles. The highest BCUT2D eigenvalue weighted by Crippen LogP contribution is 2.36. The zero-order valence-corrected chi connectivity index (χ0v) is 10.4. The molecule has 92 valence electrons. The van der Waals surface area contributed by atoms with Crippen molar-refractivity contribution in [3.05, 3.63) is 58.6 Å². The van der Waals surface area contributed by atoms with E-state index >= 15 is 0 Å². The summed E-state index contributed by atoms with van der Waals surface area (Å²) < 4.78 is 0. The monoisotopic (exact) mass is 260 g/mol. The first kappa shape index (κ1) is 11.4. The molecule has 0 saturated heterocycles. The SMILES string of the molecule is Nc1ccc2c(c1)C(O)N(c1ccc(Cl)cc1)C2. The molecule has 0 aromatic heterocycles. The summed E-state index contributed by atoms with van der Waals surface area (Å²) in [5.41, 5.74) is 9.35. The molecular weight excluding hydrogens is 248 g/mol. The largest absolute Gasteiger partial charge is 0.399 e. The standard InChI is InChI=1S/C14H13ClN2O/c15-10-2-5-12(6-3-10)17-8-9-1-4-11(16)7-13(9)14(17)18/h1-7,14,18H,8,16H2. The van der Waals surface area contributed by atoms with Crippen molar-refractivity contribution >= 4 is 23.0 Å². The van der Waals surface area contributed by atoms with E-state index < -0.39 is 6.23 Å². The van der Waals surface area contributed by atoms with E-state index in [1.165, 1.54) is 0 Å². The van der Waals surface area contributed by atoms with Gasteiger partial charge in [0.15, 0.2) is 6.23 Å². The average molecular weight is 261 g/mol. The van der Waals surface area contributed by atoms with E-state index in [0.717, 1.165) is 16.8 Å². The van der Waals surface area contributed by atoms with E-state index in [9.17, 15) is 5.11 Å². The van der Waals surface area contributed by atoms with Crippen molar-refractivity contribution < 1.29 is 5.11 Å². The number of halogens is 1. The maximum absolute atomic E-state index is 10.3. The predicted octanol–water partition coefficient (Wildman–Crippen LogP) is 2.93. The summed E-state index contributed by atoms with van der Waals surface area (Å²) >= 11 is 5.87. The number of nitrogens with two attached hydrogens (primary N) is 1. The number of aliphatic hydroxyl groups is 1. The summed E-state index contributed by atoms with van der Waals surface area (Å²) in [4.78, 5) is 1.92. The van der Waals surface area contributed by atoms with Gasteiger partial charge < -0.3 is 15.7 Å². The number of rotatable bonds is 1. The normalized spacial score (nSPS) is 17.9. The van der Waals surface area contributed by atoms with E-state index in [1.54, 1.807) is 0 Å². The number of anilines is 2. The van der Waals surface area contributed by atoms with Crippen molar-refractivity contribution in [3.8, 4) is 0 Å². The molecule has 0 saturated carbocycles. The van der Waals surface area contributed by atoms with Gasteiger partial charge in [-0.05, 0) is 42.0 Å². The van der Waals surface area contributed by atoms with Gasteiger partial charge in [0.1, 0.15) is 0 Å². The van der Waals surface area contributed by atoms with Crippen molar-refractivity contribution in [2.45, 2.75) is 12.8 Å². The molecule has 18 heavy (non-hydrogen) atoms. The van der Waals surface area contributed by atoms with Crippen molar-refractivity contribution in [2.75, 3.05) is 10.6 Å². The minimum absolute atomic E-state index is 0.648. The fourth-order valence-electron chi connectivity index (χ4n) is 2.30. The van der Waals surface area contributed by atoms with Gasteiger partial charge in [0.05, 0.1) is 0 Å². The van der Waals surface area contributed by atoms with Gasteiger partial charge in [-0.15, -0.1) is 0 Å². The van der Waals surface area contributed by atoms with Crippen LogP contribution in [-0.4, -0.2) is 5.11 Å². The topological polar surface area (TPSA) is 49.5 Å². The molecule has 2 aromatic rings. The summed E-state index contributed by atoms with van der Waals surface area (Å²) in [6, 6.07) is 13.1. The smallest absolute Gasteiger partial charge is 0.153 e. The van der Waals surface area contributed by atoms with Crippen LogP contribution < -0.4 is 10.6 Å². The highest BCUT2D eigenvalue weighted by molar-refractivity contribution is 6.30. The van der Waals surface area contributed by atoms with Gasteiger partial charge in [-0.1, -0.05) is 17.7 Å². The number of fused-ring (bicyclic) bond motifs is 1. The summed E-state index contributed by atoms with van der Waals surface area (Å²) in [5.74, 6) is 0. The molecular formula is C14H13ClN2O. The van der Waals surface area contributed by atoms with Gasteiger partial charge in [0, 0.05) is 28.5 Å². The minimum Gasteiger partial charge on any atom is -0.399 e. The van der Waals surface area contributed by atoms with Crippen molar-refractivity contribution in [3.63, 3.8) is 0 Å². The second kappa shape index (κ2) is 4.19. The maximum Gasteiger partial charge on any atom is 0.153 e. The molecule has 4 heteroatoms. The Balaban J connectivity index is 1.96. The molecule has 3 N–H and O–H groups in total. The molecule has 1 heterocycles. The average Bonchev–Trinajstić information content (AvgIpc) is 2.68. The maximum atomic E-state index is 10.3. The van der Waals surface area contributed by atoms with Crippen molar-refractivity contribution in [2.24, 2.45) is 0 Å². The van der Waals surface area contributed by atoms with Gasteiger partial charge >= 0.3 is 0 Å². The van der Waals surface area contributed by atoms with E-state index in [0.29, 0.717) is 17.3 Å². The van der Waals surface area contributed by atoms with Crippen LogP contribution in [0.3, 0.4) is 0 Å². The Morgan fingerprint density at radius 3 is 2.61 bits per heavy atom. The van der Waals surface area contributed by atoms with Gasteiger partial charge in [0.2, 0.25) is 0 Å². The van der Waals surface area contributed by atoms with Crippen LogP contribution in [-0.2, 0) is 6.54 Å². The lowest BCUT2D eigenvalue weighted by Crippen LogP contribution is -2.20. The Morgan fingerprint density at radius 1 is 1.17 bits per heavy atom. The minimum atomic E-state index is -0.648. The van der Waals surface area contributed by atoms with Gasteiger partial charge in [-0.2, -0.15) is 0 Å². The molecule has 1 unspecified atom stereocenters. The Morgan fingerprint density at radius 2 is 1.89 bits per heavy atom. The Labute approximate surface area is 110 Å². The van der Waals surface area contributed by atoms with Crippen LogP contribution in [0.4, 0.5) is 11.4 Å². The molecule has 1 aliphatic heterocycles. The lowest BCUT2D eigenvalue weighted by molar-refractivity contribution is 0.182. The van der Waals surface area contributed by atoms with Gasteiger partial charge in [0.25, 0.3) is 0 Å². The number of nitrogens with zero attached hydrogens (tertiary/aromatic N) is 1. The third-order valence-electron chi connectivity index (χ3n) is 3.24. The Kier molecular flexibility index (Phi) is 2.65. The number of nitrogen functional groups attached to an aromatic ring is 1. The summed E-state index contributed by atoms with van der Waals surface area (Å²) in [6.45, 7) is 0.679. The second-order valence-electron chi connectivity index (χ2n) is 4.44. The summed E-state index contributed by atoms with van der Waals surface area (Å²) in [5, 5.41) is 11.0. The van der Waals surface area contributed by atoms with E-state index in [-0.39, 0.29) is 0 Å². The highest BCUT2D eigenvalue weighted by Gasteiger charge is 2.28. The van der Waals surface area contributed by atoms with Crippen LogP contribution in [0, 0.1) is 0 Å². The molecule has 2 aromatic carbocycles. The van der Waals surface area contributed by atoms with Crippen LogP contribution >= 0.6 is 11.6 Å². The number of hydrogen-bond acceptors (Lipinski definition) is 3. The van der Waals surface area contributed by atoms with Crippen LogP contribution in [0.5, 0.6) is 0 Å². The first-order valence-corrected chi connectivity index (χ1v) is 6.11. The zero-order valence-electron chi connectivity index (χ0n) is 9.68. The van der Waals surface area contributed by atoms with E-state index in [4.69, 9.17) is 17.3 Å². The lowest BCUT2D eigenvalue weighted by atomic mass is 10.1. The third kappa shape index (κ3) is 1.82. The van der Waals surface area contributed by atoms with Crippen molar-refractivity contribution in [1.82, 2.24) is 0 Å². The fourth-order valence-corrected chi connectivity index (χ4v) is 2.43. The van der Waals surface area contributed by atoms with Crippen LogP contribution in [0.2, 0.25) is 5.02 Å². The molecule has 0 spiro atoms.